The zero-order valence-corrected chi connectivity index (χ0v) is 12.7. The smallest absolute Gasteiger partial charge is 0.240 e. The molecule has 21 heavy (non-hydrogen) atoms. The van der Waals surface area contributed by atoms with E-state index in [0.717, 1.165) is 30.0 Å². The van der Waals surface area contributed by atoms with E-state index >= 15 is 0 Å². The average molecular weight is 306 g/mol. The number of aromatic nitrogens is 2. The molecule has 1 aromatic carbocycles. The summed E-state index contributed by atoms with van der Waals surface area (Å²) >= 11 is 0. The molecule has 6 nitrogen and oxygen atoms in total. The van der Waals surface area contributed by atoms with Gasteiger partial charge in [0.2, 0.25) is 10.0 Å². The largest absolute Gasteiger partial charge is 0.384 e. The van der Waals surface area contributed by atoms with Gasteiger partial charge in [0.1, 0.15) is 5.82 Å². The summed E-state index contributed by atoms with van der Waals surface area (Å²) in [5.74, 6) is 0.857. The van der Waals surface area contributed by atoms with Crippen molar-refractivity contribution in [3.63, 3.8) is 0 Å². The molecule has 0 saturated heterocycles. The van der Waals surface area contributed by atoms with Crippen LogP contribution in [0.4, 0.5) is 5.69 Å². The highest BCUT2D eigenvalue weighted by Gasteiger charge is 2.18. The Hall–Kier alpha value is -1.86. The lowest BCUT2D eigenvalue weighted by Gasteiger charge is -2.08. The molecule has 2 N–H and O–H groups in total. The number of sulfonamides is 1. The molecule has 0 amide bonds. The molecule has 112 valence electrons. The number of anilines is 1. The summed E-state index contributed by atoms with van der Waals surface area (Å²) in [7, 11) is -1.57. The number of hydrogen-bond donors (Lipinski definition) is 2. The van der Waals surface area contributed by atoms with E-state index < -0.39 is 10.0 Å². The second kappa shape index (κ2) is 5.50. The number of nitrogens with one attached hydrogen (secondary N) is 2. The summed E-state index contributed by atoms with van der Waals surface area (Å²) in [5.41, 5.74) is 2.09. The van der Waals surface area contributed by atoms with E-state index in [-0.39, 0.29) is 0 Å². The molecule has 7 heteroatoms. The fourth-order valence-corrected chi connectivity index (χ4v) is 3.55. The number of hydrogen-bond acceptors (Lipinski definition) is 4. The van der Waals surface area contributed by atoms with Crippen molar-refractivity contribution in [2.75, 3.05) is 18.4 Å². The summed E-state index contributed by atoms with van der Waals surface area (Å²) in [6.45, 7) is 1.20. The van der Waals surface area contributed by atoms with Gasteiger partial charge in [0.25, 0.3) is 0 Å². The van der Waals surface area contributed by atoms with Gasteiger partial charge in [-0.25, -0.2) is 18.1 Å². The minimum absolute atomic E-state index is 0.324. The van der Waals surface area contributed by atoms with Crippen LogP contribution in [-0.4, -0.2) is 31.1 Å². The van der Waals surface area contributed by atoms with Crippen LogP contribution in [0.1, 0.15) is 11.4 Å². The number of rotatable bonds is 5. The SMILES string of the molecule is Cn1ccnc1CCNS(=O)(=O)c1ccc2c(c1)CCN2. The Morgan fingerprint density at radius 3 is 3.05 bits per heavy atom. The minimum Gasteiger partial charge on any atom is -0.384 e. The first-order chi connectivity index (χ1) is 10.1. The van der Waals surface area contributed by atoms with E-state index in [2.05, 4.69) is 15.0 Å². The van der Waals surface area contributed by atoms with Crippen molar-refractivity contribution in [3.8, 4) is 0 Å². The summed E-state index contributed by atoms with van der Waals surface area (Å²) in [5, 5.41) is 3.22. The Morgan fingerprint density at radius 1 is 1.43 bits per heavy atom. The van der Waals surface area contributed by atoms with Gasteiger partial charge < -0.3 is 9.88 Å². The zero-order valence-electron chi connectivity index (χ0n) is 11.8. The lowest BCUT2D eigenvalue weighted by molar-refractivity contribution is 0.580. The average Bonchev–Trinajstić information content (AvgIpc) is 3.07. The molecule has 2 heterocycles. The number of aryl methyl sites for hydroxylation is 1. The Bertz CT molecular complexity index is 752. The fourth-order valence-electron chi connectivity index (χ4n) is 2.47. The maximum absolute atomic E-state index is 12.3. The van der Waals surface area contributed by atoms with Crippen molar-refractivity contribution in [2.45, 2.75) is 17.7 Å². The molecular formula is C14H18N4O2S. The monoisotopic (exact) mass is 306 g/mol. The van der Waals surface area contributed by atoms with Gasteiger partial charge in [-0.15, -0.1) is 0 Å². The molecule has 1 aliphatic rings. The molecule has 0 bridgehead atoms. The molecular weight excluding hydrogens is 288 g/mol. The molecule has 2 aromatic rings. The van der Waals surface area contributed by atoms with Crippen LogP contribution in [0.3, 0.4) is 0 Å². The Morgan fingerprint density at radius 2 is 2.29 bits per heavy atom. The second-order valence-electron chi connectivity index (χ2n) is 5.10. The molecule has 1 aliphatic heterocycles. The summed E-state index contributed by atoms with van der Waals surface area (Å²) in [6, 6.07) is 5.22. The highest BCUT2D eigenvalue weighted by atomic mass is 32.2. The topological polar surface area (TPSA) is 76.0 Å². The van der Waals surface area contributed by atoms with Gasteiger partial charge in [-0.1, -0.05) is 0 Å². The van der Waals surface area contributed by atoms with Crippen molar-refractivity contribution in [1.82, 2.24) is 14.3 Å². The van der Waals surface area contributed by atoms with Gasteiger partial charge in [0.15, 0.2) is 0 Å². The lowest BCUT2D eigenvalue weighted by Crippen LogP contribution is -2.26. The van der Waals surface area contributed by atoms with Gasteiger partial charge in [-0.05, 0) is 30.2 Å². The molecule has 0 spiro atoms. The third-order valence-electron chi connectivity index (χ3n) is 3.66. The maximum Gasteiger partial charge on any atom is 0.240 e. The van der Waals surface area contributed by atoms with Crippen LogP contribution in [-0.2, 0) is 29.9 Å². The quantitative estimate of drug-likeness (QED) is 0.861. The van der Waals surface area contributed by atoms with Crippen LogP contribution in [0.5, 0.6) is 0 Å². The van der Waals surface area contributed by atoms with Gasteiger partial charge in [0, 0.05) is 44.6 Å². The first-order valence-electron chi connectivity index (χ1n) is 6.89. The van der Waals surface area contributed by atoms with Crippen molar-refractivity contribution in [1.29, 1.82) is 0 Å². The predicted octanol–water partition coefficient (Wildman–Crippen LogP) is 0.909. The van der Waals surface area contributed by atoms with Crippen molar-refractivity contribution >= 4 is 15.7 Å². The van der Waals surface area contributed by atoms with E-state index in [1.54, 1.807) is 18.3 Å². The summed E-state index contributed by atoms with van der Waals surface area (Å²) in [4.78, 5) is 4.50. The van der Waals surface area contributed by atoms with Gasteiger partial charge in [0.05, 0.1) is 4.90 Å². The van der Waals surface area contributed by atoms with Crippen LogP contribution in [0.25, 0.3) is 0 Å². The Balaban J connectivity index is 1.68. The molecule has 3 rings (SSSR count). The zero-order chi connectivity index (χ0) is 14.9. The third-order valence-corrected chi connectivity index (χ3v) is 5.12. The van der Waals surface area contributed by atoms with Crippen molar-refractivity contribution < 1.29 is 8.42 Å². The minimum atomic E-state index is -3.46. The molecule has 1 aromatic heterocycles. The van der Waals surface area contributed by atoms with Crippen LogP contribution in [0.2, 0.25) is 0 Å². The fraction of sp³-hybridized carbons (Fsp3) is 0.357. The van der Waals surface area contributed by atoms with E-state index in [4.69, 9.17) is 0 Å². The predicted molar refractivity (Wildman–Crippen MR) is 80.7 cm³/mol. The molecule has 0 fully saturated rings. The van der Waals surface area contributed by atoms with E-state index in [1.165, 1.54) is 0 Å². The van der Waals surface area contributed by atoms with Gasteiger partial charge in [-0.3, -0.25) is 0 Å². The number of benzene rings is 1. The molecule has 0 saturated carbocycles. The first-order valence-corrected chi connectivity index (χ1v) is 8.37. The van der Waals surface area contributed by atoms with E-state index in [9.17, 15) is 8.42 Å². The van der Waals surface area contributed by atoms with E-state index in [0.29, 0.717) is 17.9 Å². The van der Waals surface area contributed by atoms with Crippen LogP contribution < -0.4 is 10.0 Å². The highest BCUT2D eigenvalue weighted by Crippen LogP contribution is 2.24. The third kappa shape index (κ3) is 2.93. The standard InChI is InChI=1S/C14H18N4O2S/c1-18-9-8-16-14(18)5-7-17-21(19,20)12-2-3-13-11(10-12)4-6-15-13/h2-3,8-10,15,17H,4-7H2,1H3. The summed E-state index contributed by atoms with van der Waals surface area (Å²) < 4.78 is 29.1. The lowest BCUT2D eigenvalue weighted by atomic mass is 10.2. The molecule has 0 atom stereocenters. The van der Waals surface area contributed by atoms with Crippen LogP contribution in [0, 0.1) is 0 Å². The number of fused-ring (bicyclic) bond motifs is 1. The van der Waals surface area contributed by atoms with Crippen LogP contribution in [0.15, 0.2) is 35.5 Å². The molecule has 0 unspecified atom stereocenters. The van der Waals surface area contributed by atoms with Crippen molar-refractivity contribution in [2.24, 2.45) is 7.05 Å². The van der Waals surface area contributed by atoms with E-state index in [1.807, 2.05) is 23.9 Å². The Labute approximate surface area is 124 Å². The van der Waals surface area contributed by atoms with Crippen molar-refractivity contribution in [3.05, 3.63) is 42.0 Å². The van der Waals surface area contributed by atoms with Gasteiger partial charge >= 0.3 is 0 Å². The van der Waals surface area contributed by atoms with Gasteiger partial charge in [-0.2, -0.15) is 0 Å². The normalized spacial score (nSPS) is 14.0. The molecule has 0 aliphatic carbocycles. The van der Waals surface area contributed by atoms with Crippen LogP contribution >= 0.6 is 0 Å². The first kappa shape index (κ1) is 14.1. The highest BCUT2D eigenvalue weighted by molar-refractivity contribution is 7.89. The summed E-state index contributed by atoms with van der Waals surface area (Å²) in [6.07, 6.45) is 4.98. The number of imidazole rings is 1. The Kier molecular flexibility index (Phi) is 3.69. The second-order valence-corrected chi connectivity index (χ2v) is 6.86. The maximum atomic E-state index is 12.3. The molecule has 0 radical (unpaired) electrons. The number of nitrogens with zero attached hydrogens (tertiary/aromatic N) is 2.